The lowest BCUT2D eigenvalue weighted by atomic mass is 9.84. The van der Waals surface area contributed by atoms with Crippen molar-refractivity contribution in [3.8, 4) is 0 Å². The Morgan fingerprint density at radius 2 is 1.82 bits per heavy atom. The van der Waals surface area contributed by atoms with Crippen molar-refractivity contribution in [1.29, 1.82) is 0 Å². The summed E-state index contributed by atoms with van der Waals surface area (Å²) in [5, 5.41) is 10.3. The van der Waals surface area contributed by atoms with Crippen LogP contribution in [0.2, 0.25) is 0 Å². The summed E-state index contributed by atoms with van der Waals surface area (Å²) in [6.07, 6.45) is 5.06. The molecule has 17 heavy (non-hydrogen) atoms. The molecule has 4 nitrogen and oxygen atoms in total. The van der Waals surface area contributed by atoms with Crippen molar-refractivity contribution in [3.05, 3.63) is 0 Å². The van der Waals surface area contributed by atoms with E-state index in [0.29, 0.717) is 13.1 Å². The molecule has 1 aliphatic carbocycles. The van der Waals surface area contributed by atoms with Gasteiger partial charge in [-0.25, -0.2) is 8.42 Å². The molecule has 0 heterocycles. The number of likely N-dealkylation sites (N-methyl/N-ethyl adjacent to an activating group) is 1. The van der Waals surface area contributed by atoms with Crippen molar-refractivity contribution >= 4 is 9.84 Å². The van der Waals surface area contributed by atoms with E-state index in [2.05, 4.69) is 0 Å². The van der Waals surface area contributed by atoms with E-state index < -0.39 is 15.4 Å². The van der Waals surface area contributed by atoms with Gasteiger partial charge in [0.1, 0.15) is 0 Å². The molecule has 0 saturated heterocycles. The van der Waals surface area contributed by atoms with Gasteiger partial charge in [-0.3, -0.25) is 0 Å². The number of sulfone groups is 1. The van der Waals surface area contributed by atoms with Gasteiger partial charge in [-0.2, -0.15) is 0 Å². The summed E-state index contributed by atoms with van der Waals surface area (Å²) in [7, 11) is -1.01. The van der Waals surface area contributed by atoms with Crippen LogP contribution in [-0.2, 0) is 9.84 Å². The average molecular weight is 263 g/mol. The van der Waals surface area contributed by atoms with Crippen molar-refractivity contribution in [3.63, 3.8) is 0 Å². The van der Waals surface area contributed by atoms with E-state index in [4.69, 9.17) is 0 Å². The standard InChI is InChI=1S/C12H25NO3S/c1-3-17(15,16)10-9-13(2)11-12(14)7-5-4-6-8-12/h14H,3-11H2,1-2H3. The van der Waals surface area contributed by atoms with Crippen LogP contribution in [0.15, 0.2) is 0 Å². The molecule has 0 spiro atoms. The Bertz CT molecular complexity index is 321. The fourth-order valence-electron chi connectivity index (χ4n) is 2.39. The van der Waals surface area contributed by atoms with Crippen LogP contribution < -0.4 is 0 Å². The monoisotopic (exact) mass is 263 g/mol. The molecule has 0 bridgehead atoms. The third kappa shape index (κ3) is 5.36. The quantitative estimate of drug-likeness (QED) is 0.778. The first kappa shape index (κ1) is 14.9. The first-order valence-corrected chi connectivity index (χ1v) is 8.30. The molecule has 0 unspecified atom stereocenters. The third-order valence-corrected chi connectivity index (χ3v) is 5.26. The molecule has 1 saturated carbocycles. The summed E-state index contributed by atoms with van der Waals surface area (Å²) in [6.45, 7) is 2.77. The molecule has 0 aromatic rings. The molecule has 0 amide bonds. The zero-order chi connectivity index (χ0) is 12.9. The lowest BCUT2D eigenvalue weighted by molar-refractivity contribution is -0.0197. The van der Waals surface area contributed by atoms with Crippen LogP contribution >= 0.6 is 0 Å². The molecular formula is C12H25NO3S. The Balaban J connectivity index is 2.36. The summed E-state index contributed by atoms with van der Waals surface area (Å²) in [5.74, 6) is 0.390. The molecule has 5 heteroatoms. The Morgan fingerprint density at radius 1 is 1.24 bits per heavy atom. The van der Waals surface area contributed by atoms with Gasteiger partial charge in [0.2, 0.25) is 0 Å². The maximum atomic E-state index is 11.4. The van der Waals surface area contributed by atoms with Crippen LogP contribution in [0, 0.1) is 0 Å². The molecule has 1 fully saturated rings. The normalized spacial score (nSPS) is 20.7. The van der Waals surface area contributed by atoms with E-state index in [0.717, 1.165) is 25.7 Å². The van der Waals surface area contributed by atoms with Crippen molar-refractivity contribution in [2.24, 2.45) is 0 Å². The summed E-state index contributed by atoms with van der Waals surface area (Å²) >= 11 is 0. The Hall–Kier alpha value is -0.130. The third-order valence-electron chi connectivity index (χ3n) is 3.57. The van der Waals surface area contributed by atoms with Crippen LogP contribution in [0.4, 0.5) is 0 Å². The minimum atomic E-state index is -2.90. The lowest BCUT2D eigenvalue weighted by Gasteiger charge is -2.35. The maximum Gasteiger partial charge on any atom is 0.151 e. The maximum absolute atomic E-state index is 11.4. The summed E-state index contributed by atoms with van der Waals surface area (Å²) < 4.78 is 22.8. The first-order chi connectivity index (χ1) is 7.87. The van der Waals surface area contributed by atoms with Gasteiger partial charge >= 0.3 is 0 Å². The fourth-order valence-corrected chi connectivity index (χ4v) is 3.27. The van der Waals surface area contributed by atoms with Crippen LogP contribution in [0.3, 0.4) is 0 Å². The second kappa shape index (κ2) is 6.16. The Morgan fingerprint density at radius 3 is 2.35 bits per heavy atom. The van der Waals surface area contributed by atoms with Gasteiger partial charge in [0.25, 0.3) is 0 Å². The number of nitrogens with zero attached hydrogens (tertiary/aromatic N) is 1. The van der Waals surface area contributed by atoms with Crippen LogP contribution in [0.1, 0.15) is 39.0 Å². The zero-order valence-electron chi connectivity index (χ0n) is 11.0. The summed E-state index contributed by atoms with van der Waals surface area (Å²) in [4.78, 5) is 1.94. The fraction of sp³-hybridized carbons (Fsp3) is 1.00. The van der Waals surface area contributed by atoms with Crippen molar-refractivity contribution in [1.82, 2.24) is 4.90 Å². The predicted octanol–water partition coefficient (Wildman–Crippen LogP) is 1.05. The van der Waals surface area contributed by atoms with Crippen LogP contribution in [-0.4, -0.2) is 55.7 Å². The minimum Gasteiger partial charge on any atom is -0.389 e. The van der Waals surface area contributed by atoms with Gasteiger partial charge in [-0.05, 0) is 19.9 Å². The SMILES string of the molecule is CCS(=O)(=O)CCN(C)CC1(O)CCCCC1. The van der Waals surface area contributed by atoms with E-state index in [1.54, 1.807) is 6.92 Å². The summed E-state index contributed by atoms with van der Waals surface area (Å²) in [6, 6.07) is 0. The van der Waals surface area contributed by atoms with Gasteiger partial charge in [-0.1, -0.05) is 26.2 Å². The van der Waals surface area contributed by atoms with E-state index in [9.17, 15) is 13.5 Å². The minimum absolute atomic E-state index is 0.191. The van der Waals surface area contributed by atoms with Gasteiger partial charge in [-0.15, -0.1) is 0 Å². The number of rotatable bonds is 6. The molecule has 0 aromatic heterocycles. The molecule has 0 aliphatic heterocycles. The highest BCUT2D eigenvalue weighted by Crippen LogP contribution is 2.28. The van der Waals surface area contributed by atoms with Crippen molar-refractivity contribution in [2.75, 3.05) is 31.6 Å². The highest BCUT2D eigenvalue weighted by Gasteiger charge is 2.30. The highest BCUT2D eigenvalue weighted by atomic mass is 32.2. The van der Waals surface area contributed by atoms with E-state index in [1.165, 1.54) is 6.42 Å². The number of hydrogen-bond acceptors (Lipinski definition) is 4. The van der Waals surface area contributed by atoms with Crippen molar-refractivity contribution < 1.29 is 13.5 Å². The predicted molar refractivity (Wildman–Crippen MR) is 69.9 cm³/mol. The lowest BCUT2D eigenvalue weighted by Crippen LogP contribution is -2.44. The second-order valence-corrected chi connectivity index (χ2v) is 7.73. The molecule has 1 N–H and O–H groups in total. The molecule has 0 radical (unpaired) electrons. The molecule has 0 atom stereocenters. The Labute approximate surface area is 105 Å². The highest BCUT2D eigenvalue weighted by molar-refractivity contribution is 7.91. The molecule has 1 rings (SSSR count). The average Bonchev–Trinajstić information content (AvgIpc) is 2.27. The molecule has 0 aromatic carbocycles. The van der Waals surface area contributed by atoms with E-state index >= 15 is 0 Å². The molecule has 102 valence electrons. The van der Waals surface area contributed by atoms with E-state index in [1.807, 2.05) is 11.9 Å². The Kier molecular flexibility index (Phi) is 5.41. The van der Waals surface area contributed by atoms with Gasteiger partial charge in [0, 0.05) is 18.8 Å². The molecule has 1 aliphatic rings. The zero-order valence-corrected chi connectivity index (χ0v) is 11.8. The second-order valence-electron chi connectivity index (χ2n) is 5.26. The first-order valence-electron chi connectivity index (χ1n) is 6.48. The largest absolute Gasteiger partial charge is 0.389 e. The molecular weight excluding hydrogens is 238 g/mol. The smallest absolute Gasteiger partial charge is 0.151 e. The van der Waals surface area contributed by atoms with Crippen molar-refractivity contribution in [2.45, 2.75) is 44.6 Å². The topological polar surface area (TPSA) is 57.6 Å². The van der Waals surface area contributed by atoms with Gasteiger partial charge in [0.05, 0.1) is 11.4 Å². The summed E-state index contributed by atoms with van der Waals surface area (Å²) in [5.41, 5.74) is -0.594. The van der Waals surface area contributed by atoms with Gasteiger partial charge in [0.15, 0.2) is 9.84 Å². The number of hydrogen-bond donors (Lipinski definition) is 1. The van der Waals surface area contributed by atoms with E-state index in [-0.39, 0.29) is 11.5 Å². The van der Waals surface area contributed by atoms with Gasteiger partial charge < -0.3 is 10.0 Å². The number of aliphatic hydroxyl groups is 1. The van der Waals surface area contributed by atoms with Crippen LogP contribution in [0.25, 0.3) is 0 Å². The van der Waals surface area contributed by atoms with Crippen LogP contribution in [0.5, 0.6) is 0 Å².